The minimum atomic E-state index is 0.226. The predicted octanol–water partition coefficient (Wildman–Crippen LogP) is 3.20. The number of rotatable bonds is 5. The Morgan fingerprint density at radius 3 is 2.52 bits per heavy atom. The average Bonchev–Trinajstić information content (AvgIpc) is 3.08. The quantitative estimate of drug-likeness (QED) is 0.901. The minimum absolute atomic E-state index is 0.226. The first kappa shape index (κ1) is 14.4. The van der Waals surface area contributed by atoms with Crippen molar-refractivity contribution in [2.75, 3.05) is 19.0 Å². The molecule has 2 fully saturated rings. The highest BCUT2D eigenvalue weighted by molar-refractivity contribution is 5.76. The molecule has 0 unspecified atom stereocenters. The number of anilines is 1. The van der Waals surface area contributed by atoms with Gasteiger partial charge in [-0.05, 0) is 54.7 Å². The maximum Gasteiger partial charge on any atom is 0.220 e. The average molecular weight is 286 g/mol. The van der Waals surface area contributed by atoms with Gasteiger partial charge in [0, 0.05) is 32.7 Å². The van der Waals surface area contributed by atoms with E-state index in [4.69, 9.17) is 0 Å². The standard InChI is InChI=1S/C18H26N2O/c1-20(2)17-7-4-13(5-8-17)12-19-18(21)11-16-10-14-3-6-15(16)9-14/h4-5,7-8,14-16H,3,6,9-12H2,1-2H3,(H,19,21)/t14-,15+,16+/m0/s1. The summed E-state index contributed by atoms with van der Waals surface area (Å²) in [4.78, 5) is 14.2. The van der Waals surface area contributed by atoms with Crippen LogP contribution in [0.1, 0.15) is 37.7 Å². The topological polar surface area (TPSA) is 32.3 Å². The Bertz CT molecular complexity index is 494. The lowest BCUT2D eigenvalue weighted by Crippen LogP contribution is -2.26. The fourth-order valence-electron chi connectivity index (χ4n) is 4.05. The van der Waals surface area contributed by atoms with Gasteiger partial charge >= 0.3 is 0 Å². The normalized spacial score (nSPS) is 26.9. The number of nitrogens with one attached hydrogen (secondary N) is 1. The molecule has 0 saturated heterocycles. The molecule has 2 aliphatic rings. The molecule has 3 atom stereocenters. The largest absolute Gasteiger partial charge is 0.378 e. The highest BCUT2D eigenvalue weighted by Gasteiger charge is 2.39. The number of nitrogens with zero attached hydrogens (tertiary/aromatic N) is 1. The third kappa shape index (κ3) is 3.39. The van der Waals surface area contributed by atoms with Crippen LogP contribution >= 0.6 is 0 Å². The Kier molecular flexibility index (Phi) is 4.18. The Morgan fingerprint density at radius 2 is 1.95 bits per heavy atom. The Labute approximate surface area is 127 Å². The molecule has 3 heteroatoms. The molecule has 3 rings (SSSR count). The van der Waals surface area contributed by atoms with E-state index in [2.05, 4.69) is 34.5 Å². The van der Waals surface area contributed by atoms with Crippen LogP contribution < -0.4 is 10.2 Å². The van der Waals surface area contributed by atoms with Crippen LogP contribution in [0, 0.1) is 17.8 Å². The Hall–Kier alpha value is -1.51. The van der Waals surface area contributed by atoms with Crippen molar-refractivity contribution in [2.24, 2.45) is 17.8 Å². The van der Waals surface area contributed by atoms with Crippen molar-refractivity contribution in [3.63, 3.8) is 0 Å². The van der Waals surface area contributed by atoms with Gasteiger partial charge in [0.25, 0.3) is 0 Å². The van der Waals surface area contributed by atoms with Crippen molar-refractivity contribution in [3.05, 3.63) is 29.8 Å². The fourth-order valence-corrected chi connectivity index (χ4v) is 4.05. The first-order valence-electron chi connectivity index (χ1n) is 8.15. The molecule has 1 aromatic rings. The highest BCUT2D eigenvalue weighted by Crippen LogP contribution is 2.49. The molecule has 0 aromatic heterocycles. The number of hydrogen-bond donors (Lipinski definition) is 1. The van der Waals surface area contributed by atoms with E-state index < -0.39 is 0 Å². The molecule has 2 bridgehead atoms. The second kappa shape index (κ2) is 6.08. The number of benzene rings is 1. The van der Waals surface area contributed by atoms with Crippen LogP contribution in [0.15, 0.2) is 24.3 Å². The molecule has 2 saturated carbocycles. The van der Waals surface area contributed by atoms with Crippen LogP contribution in [0.5, 0.6) is 0 Å². The van der Waals surface area contributed by atoms with Gasteiger partial charge in [0.1, 0.15) is 0 Å². The third-order valence-electron chi connectivity index (χ3n) is 5.27. The third-order valence-corrected chi connectivity index (χ3v) is 5.27. The molecule has 0 spiro atoms. The van der Waals surface area contributed by atoms with E-state index in [0.717, 1.165) is 18.3 Å². The summed E-state index contributed by atoms with van der Waals surface area (Å²) in [6, 6.07) is 8.37. The summed E-state index contributed by atoms with van der Waals surface area (Å²) in [7, 11) is 4.07. The zero-order chi connectivity index (χ0) is 14.8. The summed E-state index contributed by atoms with van der Waals surface area (Å²) in [5.74, 6) is 2.63. The van der Waals surface area contributed by atoms with Crippen LogP contribution in [-0.2, 0) is 11.3 Å². The van der Waals surface area contributed by atoms with Crippen molar-refractivity contribution in [2.45, 2.75) is 38.6 Å². The lowest BCUT2D eigenvalue weighted by atomic mass is 9.86. The lowest BCUT2D eigenvalue weighted by Gasteiger charge is -2.21. The van der Waals surface area contributed by atoms with E-state index in [0.29, 0.717) is 12.5 Å². The van der Waals surface area contributed by atoms with Gasteiger partial charge < -0.3 is 10.2 Å². The van der Waals surface area contributed by atoms with E-state index in [9.17, 15) is 4.79 Å². The van der Waals surface area contributed by atoms with E-state index in [1.54, 1.807) is 0 Å². The van der Waals surface area contributed by atoms with Crippen molar-refractivity contribution in [3.8, 4) is 0 Å². The van der Waals surface area contributed by atoms with Gasteiger partial charge in [0.2, 0.25) is 5.91 Å². The highest BCUT2D eigenvalue weighted by atomic mass is 16.1. The Balaban J connectivity index is 1.45. The van der Waals surface area contributed by atoms with E-state index >= 15 is 0 Å². The van der Waals surface area contributed by atoms with E-state index in [1.807, 2.05) is 14.1 Å². The van der Waals surface area contributed by atoms with Gasteiger partial charge in [0.05, 0.1) is 0 Å². The van der Waals surface area contributed by atoms with Crippen LogP contribution in [0.4, 0.5) is 5.69 Å². The van der Waals surface area contributed by atoms with Crippen molar-refractivity contribution in [1.29, 1.82) is 0 Å². The zero-order valence-corrected chi connectivity index (χ0v) is 13.1. The summed E-state index contributed by atoms with van der Waals surface area (Å²) >= 11 is 0. The monoisotopic (exact) mass is 286 g/mol. The minimum Gasteiger partial charge on any atom is -0.378 e. The summed E-state index contributed by atoms with van der Waals surface area (Å²) in [6.45, 7) is 0.646. The fraction of sp³-hybridized carbons (Fsp3) is 0.611. The van der Waals surface area contributed by atoms with Gasteiger partial charge in [0.15, 0.2) is 0 Å². The summed E-state index contributed by atoms with van der Waals surface area (Å²) in [5, 5.41) is 3.08. The van der Waals surface area contributed by atoms with Crippen molar-refractivity contribution < 1.29 is 4.79 Å². The van der Waals surface area contributed by atoms with Gasteiger partial charge in [-0.2, -0.15) is 0 Å². The molecule has 114 valence electrons. The molecule has 1 aromatic carbocycles. The van der Waals surface area contributed by atoms with Gasteiger partial charge in [-0.15, -0.1) is 0 Å². The van der Waals surface area contributed by atoms with E-state index in [-0.39, 0.29) is 5.91 Å². The summed E-state index contributed by atoms with van der Waals surface area (Å²) in [5.41, 5.74) is 2.36. The van der Waals surface area contributed by atoms with Gasteiger partial charge in [-0.25, -0.2) is 0 Å². The van der Waals surface area contributed by atoms with Gasteiger partial charge in [-0.1, -0.05) is 18.6 Å². The number of carbonyl (C=O) groups is 1. The zero-order valence-electron chi connectivity index (χ0n) is 13.1. The predicted molar refractivity (Wildman–Crippen MR) is 86.2 cm³/mol. The molecule has 1 N–H and O–H groups in total. The molecule has 0 radical (unpaired) electrons. The molecule has 21 heavy (non-hydrogen) atoms. The first-order valence-corrected chi connectivity index (χ1v) is 8.15. The Morgan fingerprint density at radius 1 is 1.19 bits per heavy atom. The van der Waals surface area contributed by atoms with Crippen LogP contribution in [0.2, 0.25) is 0 Å². The number of amides is 1. The van der Waals surface area contributed by atoms with Crippen LogP contribution in [-0.4, -0.2) is 20.0 Å². The molecule has 1 amide bonds. The first-order chi connectivity index (χ1) is 10.1. The molecule has 0 heterocycles. The number of hydrogen-bond acceptors (Lipinski definition) is 2. The van der Waals surface area contributed by atoms with Crippen molar-refractivity contribution in [1.82, 2.24) is 5.32 Å². The smallest absolute Gasteiger partial charge is 0.220 e. The number of fused-ring (bicyclic) bond motifs is 2. The van der Waals surface area contributed by atoms with Gasteiger partial charge in [-0.3, -0.25) is 4.79 Å². The second-order valence-electron chi connectivity index (χ2n) is 6.98. The maximum absolute atomic E-state index is 12.1. The molecular formula is C18H26N2O. The van der Waals surface area contributed by atoms with E-state index in [1.165, 1.54) is 36.9 Å². The van der Waals surface area contributed by atoms with Crippen LogP contribution in [0.3, 0.4) is 0 Å². The maximum atomic E-state index is 12.1. The summed E-state index contributed by atoms with van der Waals surface area (Å²) in [6.07, 6.45) is 6.16. The number of carbonyl (C=O) groups excluding carboxylic acids is 1. The van der Waals surface area contributed by atoms with Crippen LogP contribution in [0.25, 0.3) is 0 Å². The molecular weight excluding hydrogens is 260 g/mol. The van der Waals surface area contributed by atoms with Crippen molar-refractivity contribution >= 4 is 11.6 Å². The molecule has 0 aliphatic heterocycles. The second-order valence-corrected chi connectivity index (χ2v) is 6.98. The lowest BCUT2D eigenvalue weighted by molar-refractivity contribution is -0.122. The SMILES string of the molecule is CN(C)c1ccc(CNC(=O)C[C@H]2C[C@H]3CC[C@@H]2C3)cc1. The summed E-state index contributed by atoms with van der Waals surface area (Å²) < 4.78 is 0. The molecule has 2 aliphatic carbocycles. The molecule has 3 nitrogen and oxygen atoms in total.